The Morgan fingerprint density at radius 2 is 2.14 bits per heavy atom. The standard InChI is InChI=1S/C16H21N3O3/c1-3-11(2)14(10-20)18-15(21)9-19-16(22)13-7-5-4-6-12(13)8-17-19/h4-8,11,14,20H,3,9-10H2,1-2H3,(H,18,21)/t11-,14+/m0/s1. The summed E-state index contributed by atoms with van der Waals surface area (Å²) in [6.45, 7) is 3.67. The first-order chi connectivity index (χ1) is 10.6. The summed E-state index contributed by atoms with van der Waals surface area (Å²) in [7, 11) is 0. The molecule has 2 aromatic rings. The third-order valence-electron chi connectivity index (χ3n) is 3.93. The summed E-state index contributed by atoms with van der Waals surface area (Å²) in [4.78, 5) is 24.3. The Labute approximate surface area is 128 Å². The van der Waals surface area contributed by atoms with Crippen LogP contribution in [0, 0.1) is 5.92 Å². The van der Waals surface area contributed by atoms with Crippen molar-refractivity contribution < 1.29 is 9.90 Å². The molecule has 1 amide bonds. The van der Waals surface area contributed by atoms with Gasteiger partial charge in [-0.2, -0.15) is 5.10 Å². The van der Waals surface area contributed by atoms with E-state index in [2.05, 4.69) is 10.4 Å². The molecular formula is C16H21N3O3. The van der Waals surface area contributed by atoms with Crippen molar-refractivity contribution in [2.45, 2.75) is 32.9 Å². The average Bonchev–Trinajstić information content (AvgIpc) is 2.54. The zero-order valence-electron chi connectivity index (χ0n) is 12.8. The zero-order chi connectivity index (χ0) is 16.1. The van der Waals surface area contributed by atoms with E-state index in [0.29, 0.717) is 5.39 Å². The quantitative estimate of drug-likeness (QED) is 0.831. The largest absolute Gasteiger partial charge is 0.394 e. The lowest BCUT2D eigenvalue weighted by molar-refractivity contribution is -0.123. The predicted octanol–water partition coefficient (Wildman–Crippen LogP) is 0.920. The average molecular weight is 303 g/mol. The number of carbonyl (C=O) groups excluding carboxylic acids is 1. The molecule has 22 heavy (non-hydrogen) atoms. The maximum atomic E-state index is 12.3. The number of fused-ring (bicyclic) bond motifs is 1. The molecule has 0 saturated heterocycles. The van der Waals surface area contributed by atoms with Crippen LogP contribution in [0.4, 0.5) is 0 Å². The summed E-state index contributed by atoms with van der Waals surface area (Å²) in [5.74, 6) is -0.167. The van der Waals surface area contributed by atoms with Crippen molar-refractivity contribution in [1.29, 1.82) is 0 Å². The topological polar surface area (TPSA) is 84.2 Å². The van der Waals surface area contributed by atoms with E-state index in [4.69, 9.17) is 0 Å². The predicted molar refractivity (Wildman–Crippen MR) is 84.5 cm³/mol. The number of benzene rings is 1. The van der Waals surface area contributed by atoms with Crippen molar-refractivity contribution in [3.63, 3.8) is 0 Å². The molecule has 0 radical (unpaired) electrons. The van der Waals surface area contributed by atoms with E-state index in [-0.39, 0.29) is 36.6 Å². The van der Waals surface area contributed by atoms with Crippen LogP contribution in [0.3, 0.4) is 0 Å². The van der Waals surface area contributed by atoms with Crippen LogP contribution in [0.2, 0.25) is 0 Å². The van der Waals surface area contributed by atoms with Gasteiger partial charge >= 0.3 is 0 Å². The number of aliphatic hydroxyl groups is 1. The molecule has 2 N–H and O–H groups in total. The first-order valence-electron chi connectivity index (χ1n) is 7.42. The fourth-order valence-electron chi connectivity index (χ4n) is 2.28. The minimum atomic E-state index is -0.329. The molecule has 6 nitrogen and oxygen atoms in total. The first kappa shape index (κ1) is 16.2. The summed E-state index contributed by atoms with van der Waals surface area (Å²) in [5, 5.41) is 17.4. The van der Waals surface area contributed by atoms with Gasteiger partial charge in [0.25, 0.3) is 5.56 Å². The molecule has 2 rings (SSSR count). The van der Waals surface area contributed by atoms with Crippen LogP contribution in [-0.4, -0.2) is 33.4 Å². The highest BCUT2D eigenvalue weighted by molar-refractivity contribution is 5.81. The second-order valence-electron chi connectivity index (χ2n) is 5.44. The van der Waals surface area contributed by atoms with Crippen LogP contribution in [0.25, 0.3) is 10.8 Å². The highest BCUT2D eigenvalue weighted by Crippen LogP contribution is 2.08. The van der Waals surface area contributed by atoms with Gasteiger partial charge in [-0.15, -0.1) is 0 Å². The number of aliphatic hydroxyl groups excluding tert-OH is 1. The number of carbonyl (C=O) groups is 1. The molecular weight excluding hydrogens is 282 g/mol. The molecule has 1 aromatic heterocycles. The second kappa shape index (κ2) is 7.17. The number of hydrogen-bond acceptors (Lipinski definition) is 4. The summed E-state index contributed by atoms with van der Waals surface area (Å²) in [5.41, 5.74) is -0.294. The van der Waals surface area contributed by atoms with Crippen molar-refractivity contribution in [3.8, 4) is 0 Å². The number of nitrogens with one attached hydrogen (secondary N) is 1. The molecule has 0 fully saturated rings. The van der Waals surface area contributed by atoms with Crippen LogP contribution in [0.1, 0.15) is 20.3 Å². The van der Waals surface area contributed by atoms with E-state index in [1.54, 1.807) is 24.4 Å². The summed E-state index contributed by atoms with van der Waals surface area (Å²) >= 11 is 0. The minimum absolute atomic E-state index is 0.124. The van der Waals surface area contributed by atoms with Crippen LogP contribution < -0.4 is 10.9 Å². The van der Waals surface area contributed by atoms with E-state index in [0.717, 1.165) is 16.5 Å². The van der Waals surface area contributed by atoms with Crippen LogP contribution in [-0.2, 0) is 11.3 Å². The van der Waals surface area contributed by atoms with Gasteiger partial charge in [0.15, 0.2) is 0 Å². The van der Waals surface area contributed by atoms with Gasteiger partial charge in [0.05, 0.1) is 24.2 Å². The van der Waals surface area contributed by atoms with Crippen LogP contribution >= 0.6 is 0 Å². The lowest BCUT2D eigenvalue weighted by Gasteiger charge is -2.22. The highest BCUT2D eigenvalue weighted by atomic mass is 16.3. The fraction of sp³-hybridized carbons (Fsp3) is 0.438. The normalized spacial score (nSPS) is 13.8. The van der Waals surface area contributed by atoms with E-state index in [1.807, 2.05) is 19.9 Å². The molecule has 6 heteroatoms. The molecule has 0 aliphatic carbocycles. The molecule has 0 spiro atoms. The van der Waals surface area contributed by atoms with Crippen molar-refractivity contribution in [1.82, 2.24) is 15.1 Å². The fourth-order valence-corrected chi connectivity index (χ4v) is 2.28. The van der Waals surface area contributed by atoms with Crippen molar-refractivity contribution in [3.05, 3.63) is 40.8 Å². The molecule has 0 saturated carbocycles. The minimum Gasteiger partial charge on any atom is -0.394 e. The lowest BCUT2D eigenvalue weighted by Crippen LogP contribution is -2.44. The number of hydrogen-bond donors (Lipinski definition) is 2. The van der Waals surface area contributed by atoms with Crippen molar-refractivity contribution in [2.24, 2.45) is 5.92 Å². The summed E-state index contributed by atoms with van der Waals surface area (Å²) in [6.07, 6.45) is 2.42. The number of amides is 1. The zero-order valence-corrected chi connectivity index (χ0v) is 12.8. The van der Waals surface area contributed by atoms with Gasteiger partial charge in [0.2, 0.25) is 5.91 Å². The molecule has 1 aromatic carbocycles. The highest BCUT2D eigenvalue weighted by Gasteiger charge is 2.18. The van der Waals surface area contributed by atoms with Gasteiger partial charge in [-0.25, -0.2) is 4.68 Å². The Balaban J connectivity index is 2.15. The molecule has 1 heterocycles. The smallest absolute Gasteiger partial charge is 0.275 e. The number of rotatable bonds is 6. The Hall–Kier alpha value is -2.21. The number of nitrogens with zero attached hydrogens (tertiary/aromatic N) is 2. The third-order valence-corrected chi connectivity index (χ3v) is 3.93. The van der Waals surface area contributed by atoms with E-state index >= 15 is 0 Å². The maximum Gasteiger partial charge on any atom is 0.275 e. The summed E-state index contributed by atoms with van der Waals surface area (Å²) < 4.78 is 1.14. The second-order valence-corrected chi connectivity index (χ2v) is 5.44. The molecule has 2 atom stereocenters. The van der Waals surface area contributed by atoms with Crippen molar-refractivity contribution in [2.75, 3.05) is 6.61 Å². The number of aromatic nitrogens is 2. The Morgan fingerprint density at radius 3 is 2.82 bits per heavy atom. The summed E-state index contributed by atoms with van der Waals surface area (Å²) in [6, 6.07) is 6.81. The third kappa shape index (κ3) is 3.51. The Bertz CT molecular complexity index is 711. The molecule has 0 aliphatic rings. The van der Waals surface area contributed by atoms with Crippen LogP contribution in [0.15, 0.2) is 35.3 Å². The first-order valence-corrected chi connectivity index (χ1v) is 7.42. The van der Waals surface area contributed by atoms with E-state index in [1.165, 1.54) is 0 Å². The van der Waals surface area contributed by atoms with Gasteiger partial charge in [0, 0.05) is 5.39 Å². The van der Waals surface area contributed by atoms with Crippen LogP contribution in [0.5, 0.6) is 0 Å². The Morgan fingerprint density at radius 1 is 1.41 bits per heavy atom. The van der Waals surface area contributed by atoms with Gasteiger partial charge in [-0.1, -0.05) is 38.5 Å². The Kier molecular flexibility index (Phi) is 5.27. The molecule has 0 unspecified atom stereocenters. The monoisotopic (exact) mass is 303 g/mol. The van der Waals surface area contributed by atoms with E-state index < -0.39 is 0 Å². The molecule has 118 valence electrons. The van der Waals surface area contributed by atoms with Gasteiger partial charge in [-0.3, -0.25) is 9.59 Å². The molecule has 0 aliphatic heterocycles. The van der Waals surface area contributed by atoms with Crippen molar-refractivity contribution >= 4 is 16.7 Å². The lowest BCUT2D eigenvalue weighted by atomic mass is 10.00. The van der Waals surface area contributed by atoms with E-state index in [9.17, 15) is 14.7 Å². The maximum absolute atomic E-state index is 12.3. The van der Waals surface area contributed by atoms with Gasteiger partial charge < -0.3 is 10.4 Å². The molecule has 0 bridgehead atoms. The van der Waals surface area contributed by atoms with Gasteiger partial charge in [0.1, 0.15) is 6.54 Å². The van der Waals surface area contributed by atoms with Gasteiger partial charge in [-0.05, 0) is 12.0 Å². The SMILES string of the molecule is CC[C@H](C)[C@@H](CO)NC(=O)Cn1ncc2ccccc2c1=O.